The first-order chi connectivity index (χ1) is 11.6. The molecule has 2 aromatic rings. The third-order valence-electron chi connectivity index (χ3n) is 4.03. The van der Waals surface area contributed by atoms with E-state index in [1.807, 2.05) is 17.9 Å². The summed E-state index contributed by atoms with van der Waals surface area (Å²) in [6, 6.07) is 9.02. The third kappa shape index (κ3) is 4.49. The number of urea groups is 1. The lowest BCUT2D eigenvalue weighted by Gasteiger charge is -2.22. The van der Waals surface area contributed by atoms with Gasteiger partial charge in [-0.15, -0.1) is 0 Å². The maximum Gasteiger partial charge on any atom is 0.321 e. The summed E-state index contributed by atoms with van der Waals surface area (Å²) in [5.74, 6) is 0.823. The Balaban J connectivity index is 1.52. The number of halogens is 1. The summed E-state index contributed by atoms with van der Waals surface area (Å²) in [5, 5.41) is 7.61. The summed E-state index contributed by atoms with van der Waals surface area (Å²) in [7, 11) is 0. The summed E-state index contributed by atoms with van der Waals surface area (Å²) >= 11 is 5.86. The molecule has 1 saturated heterocycles. The zero-order valence-corrected chi connectivity index (χ0v) is 14.4. The van der Waals surface area contributed by atoms with Gasteiger partial charge in [-0.1, -0.05) is 16.8 Å². The molecular weight excluding hydrogens is 328 g/mol. The second kappa shape index (κ2) is 7.68. The number of carbonyl (C=O) groups is 1. The SMILES string of the molecule is Cc1cc(CN2CCCN(C(=O)Nc3ccc(Cl)cc3)CC2)no1. The Morgan fingerprint density at radius 2 is 2.04 bits per heavy atom. The molecule has 0 spiro atoms. The number of carbonyl (C=O) groups excluding carboxylic acids is 1. The zero-order valence-electron chi connectivity index (χ0n) is 13.7. The van der Waals surface area contributed by atoms with Crippen LogP contribution in [0.25, 0.3) is 0 Å². The van der Waals surface area contributed by atoms with Crippen molar-refractivity contribution in [1.29, 1.82) is 0 Å². The summed E-state index contributed by atoms with van der Waals surface area (Å²) < 4.78 is 5.11. The molecule has 3 rings (SSSR count). The van der Waals surface area contributed by atoms with E-state index in [0.717, 1.165) is 49.7 Å². The molecule has 0 radical (unpaired) electrons. The van der Waals surface area contributed by atoms with E-state index in [0.29, 0.717) is 11.6 Å². The molecule has 2 amide bonds. The highest BCUT2D eigenvalue weighted by Crippen LogP contribution is 2.15. The number of aromatic nitrogens is 1. The van der Waals surface area contributed by atoms with Crippen LogP contribution in [0.4, 0.5) is 10.5 Å². The van der Waals surface area contributed by atoms with Crippen molar-refractivity contribution in [2.24, 2.45) is 0 Å². The van der Waals surface area contributed by atoms with E-state index in [4.69, 9.17) is 16.1 Å². The smallest absolute Gasteiger partial charge is 0.321 e. The van der Waals surface area contributed by atoms with Crippen molar-refractivity contribution in [2.45, 2.75) is 19.9 Å². The summed E-state index contributed by atoms with van der Waals surface area (Å²) in [6.07, 6.45) is 0.935. The first-order valence-corrected chi connectivity index (χ1v) is 8.44. The van der Waals surface area contributed by atoms with Crippen molar-refractivity contribution in [3.05, 3.63) is 46.8 Å². The van der Waals surface area contributed by atoms with Gasteiger partial charge in [0.2, 0.25) is 0 Å². The number of rotatable bonds is 3. The van der Waals surface area contributed by atoms with Gasteiger partial charge in [0.05, 0.1) is 5.69 Å². The van der Waals surface area contributed by atoms with Crippen molar-refractivity contribution in [1.82, 2.24) is 15.0 Å². The van der Waals surface area contributed by atoms with Crippen LogP contribution in [-0.2, 0) is 6.54 Å². The van der Waals surface area contributed by atoms with Crippen molar-refractivity contribution in [2.75, 3.05) is 31.5 Å². The van der Waals surface area contributed by atoms with Crippen LogP contribution in [0.2, 0.25) is 5.02 Å². The summed E-state index contributed by atoms with van der Waals surface area (Å²) in [5.41, 5.74) is 1.69. The molecule has 1 aromatic carbocycles. The highest BCUT2D eigenvalue weighted by Gasteiger charge is 2.20. The predicted molar refractivity (Wildman–Crippen MR) is 93.2 cm³/mol. The predicted octanol–water partition coefficient (Wildman–Crippen LogP) is 3.38. The third-order valence-corrected chi connectivity index (χ3v) is 4.29. The Labute approximate surface area is 146 Å². The molecule has 1 aliphatic heterocycles. The lowest BCUT2D eigenvalue weighted by Crippen LogP contribution is -2.38. The molecule has 6 nitrogen and oxygen atoms in total. The van der Waals surface area contributed by atoms with E-state index >= 15 is 0 Å². The van der Waals surface area contributed by atoms with Crippen LogP contribution in [0.5, 0.6) is 0 Å². The minimum Gasteiger partial charge on any atom is -0.361 e. The molecule has 0 bridgehead atoms. The average Bonchev–Trinajstić information content (AvgIpc) is 2.82. The number of nitrogens with zero attached hydrogens (tertiary/aromatic N) is 3. The van der Waals surface area contributed by atoms with Crippen LogP contribution < -0.4 is 5.32 Å². The Hall–Kier alpha value is -2.05. The van der Waals surface area contributed by atoms with Crippen LogP contribution in [0, 0.1) is 6.92 Å². The fourth-order valence-electron chi connectivity index (χ4n) is 2.79. The standard InChI is InChI=1S/C17H21ClN4O2/c1-13-11-16(20-24-13)12-21-7-2-8-22(10-9-21)17(23)19-15-5-3-14(18)4-6-15/h3-6,11H,2,7-10,12H2,1H3,(H,19,23). The average molecular weight is 349 g/mol. The van der Waals surface area contributed by atoms with E-state index in [1.54, 1.807) is 24.3 Å². The first kappa shape index (κ1) is 16.8. The lowest BCUT2D eigenvalue weighted by molar-refractivity contribution is 0.210. The van der Waals surface area contributed by atoms with Crippen molar-refractivity contribution < 1.29 is 9.32 Å². The van der Waals surface area contributed by atoms with Gasteiger partial charge in [-0.25, -0.2) is 4.79 Å². The minimum atomic E-state index is -0.0727. The van der Waals surface area contributed by atoms with Crippen LogP contribution >= 0.6 is 11.6 Å². The molecule has 24 heavy (non-hydrogen) atoms. The molecule has 0 unspecified atom stereocenters. The van der Waals surface area contributed by atoms with Gasteiger partial charge in [-0.05, 0) is 37.6 Å². The molecular formula is C17H21ClN4O2. The van der Waals surface area contributed by atoms with Gasteiger partial charge in [0.15, 0.2) is 0 Å². The quantitative estimate of drug-likeness (QED) is 0.923. The Kier molecular flexibility index (Phi) is 5.37. The van der Waals surface area contributed by atoms with E-state index in [2.05, 4.69) is 15.4 Å². The Bertz CT molecular complexity index is 686. The molecule has 1 fully saturated rings. The van der Waals surface area contributed by atoms with Gasteiger partial charge in [0, 0.05) is 49.5 Å². The fraction of sp³-hybridized carbons (Fsp3) is 0.412. The van der Waals surface area contributed by atoms with Gasteiger partial charge in [-0.3, -0.25) is 4.90 Å². The van der Waals surface area contributed by atoms with Gasteiger partial charge in [0.1, 0.15) is 5.76 Å². The number of aryl methyl sites for hydroxylation is 1. The molecule has 0 aliphatic carbocycles. The van der Waals surface area contributed by atoms with Gasteiger partial charge < -0.3 is 14.7 Å². The van der Waals surface area contributed by atoms with Gasteiger partial charge >= 0.3 is 6.03 Å². The molecule has 0 saturated carbocycles. The number of hydrogen-bond acceptors (Lipinski definition) is 4. The molecule has 2 heterocycles. The van der Waals surface area contributed by atoms with Crippen LogP contribution in [0.3, 0.4) is 0 Å². The number of nitrogens with one attached hydrogen (secondary N) is 1. The maximum absolute atomic E-state index is 12.4. The topological polar surface area (TPSA) is 61.6 Å². The number of hydrogen-bond donors (Lipinski definition) is 1. The monoisotopic (exact) mass is 348 g/mol. The van der Waals surface area contributed by atoms with Crippen molar-refractivity contribution >= 4 is 23.3 Å². The second-order valence-corrected chi connectivity index (χ2v) is 6.42. The minimum absolute atomic E-state index is 0.0727. The van der Waals surface area contributed by atoms with Gasteiger partial charge in [-0.2, -0.15) is 0 Å². The van der Waals surface area contributed by atoms with E-state index in [1.165, 1.54) is 0 Å². The maximum atomic E-state index is 12.4. The van der Waals surface area contributed by atoms with E-state index in [-0.39, 0.29) is 6.03 Å². The highest BCUT2D eigenvalue weighted by molar-refractivity contribution is 6.30. The summed E-state index contributed by atoms with van der Waals surface area (Å²) in [4.78, 5) is 16.6. The number of benzene rings is 1. The molecule has 1 aromatic heterocycles. The summed E-state index contributed by atoms with van der Waals surface area (Å²) in [6.45, 7) is 5.84. The molecule has 1 N–H and O–H groups in total. The second-order valence-electron chi connectivity index (χ2n) is 5.98. The highest BCUT2D eigenvalue weighted by atomic mass is 35.5. The van der Waals surface area contributed by atoms with Crippen LogP contribution in [-0.4, -0.2) is 47.2 Å². The first-order valence-electron chi connectivity index (χ1n) is 8.06. The largest absolute Gasteiger partial charge is 0.361 e. The van der Waals surface area contributed by atoms with Crippen molar-refractivity contribution in [3.8, 4) is 0 Å². The normalized spacial score (nSPS) is 16.0. The molecule has 7 heteroatoms. The Morgan fingerprint density at radius 1 is 1.25 bits per heavy atom. The van der Waals surface area contributed by atoms with Crippen molar-refractivity contribution in [3.63, 3.8) is 0 Å². The van der Waals surface area contributed by atoms with Crippen LogP contribution in [0.1, 0.15) is 17.9 Å². The van der Waals surface area contributed by atoms with Crippen LogP contribution in [0.15, 0.2) is 34.9 Å². The van der Waals surface area contributed by atoms with Gasteiger partial charge in [0.25, 0.3) is 0 Å². The molecule has 1 aliphatic rings. The lowest BCUT2D eigenvalue weighted by atomic mass is 10.3. The van der Waals surface area contributed by atoms with E-state index in [9.17, 15) is 4.79 Å². The molecule has 0 atom stereocenters. The fourth-order valence-corrected chi connectivity index (χ4v) is 2.92. The molecule has 128 valence electrons. The van der Waals surface area contributed by atoms with E-state index < -0.39 is 0 Å². The number of amides is 2. The number of anilines is 1. The Morgan fingerprint density at radius 3 is 2.75 bits per heavy atom. The zero-order chi connectivity index (χ0) is 16.9.